The topological polar surface area (TPSA) is 123 Å². The van der Waals surface area contributed by atoms with Gasteiger partial charge in [-0.1, -0.05) is 30.3 Å². The van der Waals surface area contributed by atoms with Crippen molar-refractivity contribution < 1.29 is 33.4 Å². The van der Waals surface area contributed by atoms with Gasteiger partial charge in [0.15, 0.2) is 0 Å². The molecular formula is C20H29N3O7. The quantitative estimate of drug-likeness (QED) is 0.408. The first-order valence-electron chi connectivity index (χ1n) is 9.32. The molecule has 0 saturated heterocycles. The van der Waals surface area contributed by atoms with Gasteiger partial charge in [-0.05, 0) is 40.2 Å². The molecule has 0 aromatic heterocycles. The third kappa shape index (κ3) is 8.38. The van der Waals surface area contributed by atoms with Crippen LogP contribution in [0.1, 0.15) is 40.2 Å². The van der Waals surface area contributed by atoms with Crippen molar-refractivity contribution in [3.63, 3.8) is 0 Å². The number of rotatable bonds is 6. The zero-order chi connectivity index (χ0) is 22.9. The van der Waals surface area contributed by atoms with E-state index in [4.69, 9.17) is 9.47 Å². The molecule has 166 valence electrons. The van der Waals surface area contributed by atoms with Crippen molar-refractivity contribution in [3.05, 3.63) is 35.9 Å². The average molecular weight is 423 g/mol. The molecule has 0 bridgehead atoms. The third-order valence-corrected chi connectivity index (χ3v) is 3.70. The molecule has 10 nitrogen and oxygen atoms in total. The Kier molecular flexibility index (Phi) is 9.10. The van der Waals surface area contributed by atoms with Gasteiger partial charge in [-0.2, -0.15) is 0 Å². The number of carbonyl (C=O) groups is 4. The minimum Gasteiger partial charge on any atom is -0.467 e. The Balaban J connectivity index is 2.79. The average Bonchev–Trinajstić information content (AvgIpc) is 2.68. The van der Waals surface area contributed by atoms with Crippen LogP contribution in [0.25, 0.3) is 0 Å². The van der Waals surface area contributed by atoms with E-state index in [1.165, 1.54) is 13.8 Å². The van der Waals surface area contributed by atoms with Crippen LogP contribution in [0.15, 0.2) is 30.3 Å². The van der Waals surface area contributed by atoms with Crippen molar-refractivity contribution in [1.29, 1.82) is 0 Å². The zero-order valence-corrected chi connectivity index (χ0v) is 18.1. The van der Waals surface area contributed by atoms with Crippen LogP contribution in [-0.4, -0.2) is 53.9 Å². The molecule has 3 amide bonds. The van der Waals surface area contributed by atoms with E-state index in [2.05, 4.69) is 15.5 Å². The van der Waals surface area contributed by atoms with Crippen LogP contribution in [0.4, 0.5) is 9.59 Å². The SMILES string of the molecule is COC(=O)[C@@H](C)N(NC(=O)OC(C)(C)C)C(=O)[C@H](C)NC(=O)OCc1ccccc1. The molecule has 0 spiro atoms. The molecule has 0 saturated carbocycles. The number of benzene rings is 1. The minimum absolute atomic E-state index is 0.0199. The highest BCUT2D eigenvalue weighted by Crippen LogP contribution is 2.09. The molecule has 0 fully saturated rings. The van der Waals surface area contributed by atoms with E-state index in [0.29, 0.717) is 0 Å². The number of nitrogens with zero attached hydrogens (tertiary/aromatic N) is 1. The number of hydrogen-bond acceptors (Lipinski definition) is 7. The predicted octanol–water partition coefficient (Wildman–Crippen LogP) is 2.13. The largest absolute Gasteiger partial charge is 0.467 e. The highest BCUT2D eigenvalue weighted by Gasteiger charge is 2.33. The number of alkyl carbamates (subject to hydrolysis) is 1. The van der Waals surface area contributed by atoms with Gasteiger partial charge < -0.3 is 19.5 Å². The second-order valence-corrected chi connectivity index (χ2v) is 7.45. The molecule has 0 heterocycles. The molecule has 2 atom stereocenters. The minimum atomic E-state index is -1.17. The monoisotopic (exact) mass is 423 g/mol. The predicted molar refractivity (Wildman–Crippen MR) is 107 cm³/mol. The zero-order valence-electron chi connectivity index (χ0n) is 18.1. The summed E-state index contributed by atoms with van der Waals surface area (Å²) in [5.41, 5.74) is 2.19. The number of carbonyl (C=O) groups excluding carboxylic acids is 4. The fourth-order valence-corrected chi connectivity index (χ4v) is 2.23. The number of hydrogen-bond donors (Lipinski definition) is 2. The van der Waals surface area contributed by atoms with Gasteiger partial charge in [-0.3, -0.25) is 4.79 Å². The summed E-state index contributed by atoms with van der Waals surface area (Å²) in [6.07, 6.45) is -1.77. The van der Waals surface area contributed by atoms with Crippen LogP contribution in [0.5, 0.6) is 0 Å². The lowest BCUT2D eigenvalue weighted by molar-refractivity contribution is -0.155. The second kappa shape index (κ2) is 11.0. The molecule has 0 aliphatic heterocycles. The Hall–Kier alpha value is -3.30. The van der Waals surface area contributed by atoms with Crippen LogP contribution in [-0.2, 0) is 30.4 Å². The number of nitrogens with one attached hydrogen (secondary N) is 2. The van der Waals surface area contributed by atoms with Crippen molar-refractivity contribution in [2.75, 3.05) is 7.11 Å². The summed E-state index contributed by atoms with van der Waals surface area (Å²) in [6, 6.07) is 6.72. The van der Waals surface area contributed by atoms with E-state index >= 15 is 0 Å². The lowest BCUT2D eigenvalue weighted by atomic mass is 10.2. The molecular weight excluding hydrogens is 394 g/mol. The Morgan fingerprint density at radius 2 is 1.63 bits per heavy atom. The first kappa shape index (κ1) is 24.7. The molecule has 1 rings (SSSR count). The fraction of sp³-hybridized carbons (Fsp3) is 0.500. The lowest BCUT2D eigenvalue weighted by Gasteiger charge is -2.31. The summed E-state index contributed by atoms with van der Waals surface area (Å²) in [5.74, 6) is -1.53. The van der Waals surface area contributed by atoms with Crippen LogP contribution in [0.3, 0.4) is 0 Å². The van der Waals surface area contributed by atoms with Gasteiger partial charge in [0.05, 0.1) is 7.11 Å². The van der Waals surface area contributed by atoms with Gasteiger partial charge >= 0.3 is 18.2 Å². The molecule has 0 aliphatic carbocycles. The van der Waals surface area contributed by atoms with Gasteiger partial charge in [0.1, 0.15) is 24.3 Å². The van der Waals surface area contributed by atoms with E-state index in [1.807, 2.05) is 6.07 Å². The Morgan fingerprint density at radius 1 is 1.03 bits per heavy atom. The standard InChI is InChI=1S/C20H29N3O7/c1-13(21-18(26)29-12-15-10-8-7-9-11-15)16(24)23(14(2)17(25)28-6)22-19(27)30-20(3,4)5/h7-11,13-14H,12H2,1-6H3,(H,21,26)(H,22,27)/t13-,14+/m0/s1. The van der Waals surface area contributed by atoms with Gasteiger partial charge in [0, 0.05) is 0 Å². The van der Waals surface area contributed by atoms with E-state index in [1.54, 1.807) is 45.0 Å². The number of esters is 1. The fourth-order valence-electron chi connectivity index (χ4n) is 2.23. The molecule has 30 heavy (non-hydrogen) atoms. The molecule has 2 N–H and O–H groups in total. The van der Waals surface area contributed by atoms with Crippen LogP contribution in [0, 0.1) is 0 Å². The molecule has 10 heteroatoms. The third-order valence-electron chi connectivity index (χ3n) is 3.70. The maximum atomic E-state index is 12.8. The van der Waals surface area contributed by atoms with E-state index in [0.717, 1.165) is 17.7 Å². The van der Waals surface area contributed by atoms with E-state index < -0.39 is 41.7 Å². The maximum absolute atomic E-state index is 12.8. The van der Waals surface area contributed by atoms with Gasteiger partial charge in [0.2, 0.25) is 0 Å². The lowest BCUT2D eigenvalue weighted by Crippen LogP contribution is -2.59. The Labute approximate surface area is 175 Å². The maximum Gasteiger partial charge on any atom is 0.426 e. The summed E-state index contributed by atoms with van der Waals surface area (Å²) in [4.78, 5) is 48.8. The van der Waals surface area contributed by atoms with E-state index in [9.17, 15) is 19.2 Å². The van der Waals surface area contributed by atoms with Crippen LogP contribution in [0.2, 0.25) is 0 Å². The van der Waals surface area contributed by atoms with Crippen molar-refractivity contribution in [1.82, 2.24) is 15.8 Å². The first-order chi connectivity index (χ1) is 13.9. The Bertz CT molecular complexity index is 747. The Morgan fingerprint density at radius 3 is 2.17 bits per heavy atom. The van der Waals surface area contributed by atoms with Crippen molar-refractivity contribution in [3.8, 4) is 0 Å². The second-order valence-electron chi connectivity index (χ2n) is 7.45. The smallest absolute Gasteiger partial charge is 0.426 e. The van der Waals surface area contributed by atoms with Crippen molar-refractivity contribution >= 4 is 24.1 Å². The first-order valence-corrected chi connectivity index (χ1v) is 9.32. The van der Waals surface area contributed by atoms with Gasteiger partial charge in [0.25, 0.3) is 5.91 Å². The number of hydrazine groups is 1. The molecule has 0 unspecified atom stereocenters. The van der Waals surface area contributed by atoms with E-state index in [-0.39, 0.29) is 6.61 Å². The summed E-state index contributed by atoms with van der Waals surface area (Å²) in [6.45, 7) is 7.72. The van der Waals surface area contributed by atoms with Gasteiger partial charge in [-0.25, -0.2) is 24.8 Å². The summed E-state index contributed by atoms with van der Waals surface area (Å²) < 4.78 is 14.8. The summed E-state index contributed by atoms with van der Waals surface area (Å²) in [7, 11) is 1.15. The highest BCUT2D eigenvalue weighted by molar-refractivity contribution is 5.90. The van der Waals surface area contributed by atoms with Crippen molar-refractivity contribution in [2.24, 2.45) is 0 Å². The molecule has 1 aromatic rings. The molecule has 0 aliphatic rings. The molecule has 0 radical (unpaired) electrons. The summed E-state index contributed by atoms with van der Waals surface area (Å²) in [5, 5.41) is 3.12. The summed E-state index contributed by atoms with van der Waals surface area (Å²) >= 11 is 0. The number of methoxy groups -OCH3 is 1. The molecule has 1 aromatic carbocycles. The normalized spacial score (nSPS) is 12.7. The highest BCUT2D eigenvalue weighted by atomic mass is 16.6. The number of amides is 3. The van der Waals surface area contributed by atoms with Crippen LogP contribution >= 0.6 is 0 Å². The van der Waals surface area contributed by atoms with Crippen molar-refractivity contribution in [2.45, 2.75) is 58.9 Å². The number of ether oxygens (including phenoxy) is 3. The van der Waals surface area contributed by atoms with Crippen LogP contribution < -0.4 is 10.7 Å². The van der Waals surface area contributed by atoms with Gasteiger partial charge in [-0.15, -0.1) is 0 Å².